The number of nitrogens with zero attached hydrogens (tertiary/aromatic N) is 2. The molecule has 2 fully saturated rings. The highest BCUT2D eigenvalue weighted by molar-refractivity contribution is 5.27. The van der Waals surface area contributed by atoms with Gasteiger partial charge in [0.1, 0.15) is 5.75 Å². The minimum absolute atomic E-state index is 0.549. The summed E-state index contributed by atoms with van der Waals surface area (Å²) < 4.78 is 10.9. The van der Waals surface area contributed by atoms with E-state index in [1.807, 2.05) is 0 Å². The van der Waals surface area contributed by atoms with Crippen molar-refractivity contribution in [2.45, 2.75) is 31.5 Å². The lowest BCUT2D eigenvalue weighted by Crippen LogP contribution is -2.50. The van der Waals surface area contributed by atoms with E-state index in [2.05, 4.69) is 64.4 Å². The molecule has 2 heterocycles. The Hall–Kier alpha value is -1.88. The second-order valence-electron chi connectivity index (χ2n) is 7.58. The molecule has 27 heavy (non-hydrogen) atoms. The van der Waals surface area contributed by atoms with E-state index in [1.165, 1.54) is 17.5 Å². The third kappa shape index (κ3) is 4.52. The lowest BCUT2D eigenvalue weighted by Gasteiger charge is -2.37. The van der Waals surface area contributed by atoms with Crippen LogP contribution < -0.4 is 4.74 Å². The van der Waals surface area contributed by atoms with Crippen LogP contribution in [0.4, 0.5) is 0 Å². The Bertz CT molecular complexity index is 698. The maximum atomic E-state index is 5.59. The molecule has 2 saturated heterocycles. The number of morpholine rings is 1. The highest BCUT2D eigenvalue weighted by Gasteiger charge is 2.38. The van der Waals surface area contributed by atoms with Gasteiger partial charge in [-0.05, 0) is 36.1 Å². The molecular formula is C23H30N2O2. The van der Waals surface area contributed by atoms with Crippen LogP contribution in [0.25, 0.3) is 0 Å². The molecule has 0 saturated carbocycles. The van der Waals surface area contributed by atoms with Gasteiger partial charge in [-0.15, -0.1) is 0 Å². The molecule has 0 unspecified atom stereocenters. The van der Waals surface area contributed by atoms with Gasteiger partial charge in [-0.25, -0.2) is 0 Å². The smallest absolute Gasteiger partial charge is 0.118 e. The van der Waals surface area contributed by atoms with Crippen LogP contribution in [0, 0.1) is 0 Å². The highest BCUT2D eigenvalue weighted by atomic mass is 16.5. The van der Waals surface area contributed by atoms with Crippen LogP contribution in [0.5, 0.6) is 5.75 Å². The van der Waals surface area contributed by atoms with E-state index in [1.54, 1.807) is 7.11 Å². The first kappa shape index (κ1) is 18.5. The van der Waals surface area contributed by atoms with Gasteiger partial charge in [0.25, 0.3) is 0 Å². The fourth-order valence-corrected chi connectivity index (χ4v) is 4.52. The van der Waals surface area contributed by atoms with Crippen LogP contribution >= 0.6 is 0 Å². The average Bonchev–Trinajstić information content (AvgIpc) is 3.12. The molecule has 0 aromatic heterocycles. The van der Waals surface area contributed by atoms with Crippen LogP contribution in [0.1, 0.15) is 17.5 Å². The fraction of sp³-hybridized carbons (Fsp3) is 0.478. The van der Waals surface area contributed by atoms with Crippen LogP contribution in [0.2, 0.25) is 0 Å². The van der Waals surface area contributed by atoms with Gasteiger partial charge in [-0.3, -0.25) is 9.80 Å². The summed E-state index contributed by atoms with van der Waals surface area (Å²) in [5.41, 5.74) is 2.79. The summed E-state index contributed by atoms with van der Waals surface area (Å²) in [6.07, 6.45) is 2.35. The van der Waals surface area contributed by atoms with Crippen LogP contribution in [-0.4, -0.2) is 61.8 Å². The highest BCUT2D eigenvalue weighted by Crippen LogP contribution is 2.28. The zero-order valence-corrected chi connectivity index (χ0v) is 16.2. The molecule has 2 aromatic carbocycles. The molecule has 2 atom stereocenters. The molecule has 0 radical (unpaired) electrons. The van der Waals surface area contributed by atoms with Crippen molar-refractivity contribution in [1.29, 1.82) is 0 Å². The summed E-state index contributed by atoms with van der Waals surface area (Å²) in [5, 5.41) is 0. The molecule has 0 spiro atoms. The van der Waals surface area contributed by atoms with E-state index in [-0.39, 0.29) is 0 Å². The Labute approximate surface area is 162 Å². The van der Waals surface area contributed by atoms with Crippen LogP contribution in [-0.2, 0) is 17.7 Å². The van der Waals surface area contributed by atoms with Gasteiger partial charge >= 0.3 is 0 Å². The summed E-state index contributed by atoms with van der Waals surface area (Å²) in [4.78, 5) is 5.33. The number of rotatable bonds is 6. The zero-order chi connectivity index (χ0) is 18.5. The van der Waals surface area contributed by atoms with Gasteiger partial charge in [0.2, 0.25) is 0 Å². The summed E-state index contributed by atoms with van der Waals surface area (Å²) in [7, 11) is 1.72. The molecule has 0 aliphatic carbocycles. The average molecular weight is 367 g/mol. The van der Waals surface area contributed by atoms with Crippen LogP contribution in [0.15, 0.2) is 54.6 Å². The third-order valence-corrected chi connectivity index (χ3v) is 5.97. The summed E-state index contributed by atoms with van der Waals surface area (Å²) in [6, 6.07) is 20.6. The van der Waals surface area contributed by atoms with E-state index < -0.39 is 0 Å². The Morgan fingerprint density at radius 3 is 2.37 bits per heavy atom. The molecular weight excluding hydrogens is 336 g/mol. The van der Waals surface area contributed by atoms with Crippen molar-refractivity contribution >= 4 is 0 Å². The Morgan fingerprint density at radius 1 is 0.926 bits per heavy atom. The molecule has 0 amide bonds. The lowest BCUT2D eigenvalue weighted by atomic mass is 9.98. The van der Waals surface area contributed by atoms with Crippen molar-refractivity contribution in [2.75, 3.05) is 40.0 Å². The minimum atomic E-state index is 0.549. The Morgan fingerprint density at radius 2 is 1.67 bits per heavy atom. The molecule has 2 aliphatic rings. The molecule has 0 N–H and O–H groups in total. The molecule has 4 heteroatoms. The summed E-state index contributed by atoms with van der Waals surface area (Å²) >= 11 is 0. The Balaban J connectivity index is 1.51. The maximum Gasteiger partial charge on any atom is 0.118 e. The predicted octanol–water partition coefficient (Wildman–Crippen LogP) is 3.21. The minimum Gasteiger partial charge on any atom is -0.497 e. The van der Waals surface area contributed by atoms with Gasteiger partial charge in [0.05, 0.1) is 20.3 Å². The van der Waals surface area contributed by atoms with Crippen molar-refractivity contribution in [2.24, 2.45) is 0 Å². The normalized spacial score (nSPS) is 24.2. The first-order chi connectivity index (χ1) is 13.3. The number of methoxy groups -OCH3 is 1. The molecule has 144 valence electrons. The van der Waals surface area contributed by atoms with Gasteiger partial charge in [0.15, 0.2) is 0 Å². The van der Waals surface area contributed by atoms with Crippen molar-refractivity contribution in [3.05, 3.63) is 65.7 Å². The standard InChI is InChI=1S/C23H30N2O2/c1-26-21-9-7-20(8-10-21)18-25-12-11-22(24-13-15-27-16-14-24)23(25)17-19-5-3-2-4-6-19/h2-10,22-23H,11-18H2,1H3/t22-,23+/m1/s1. The van der Waals surface area contributed by atoms with E-state index in [0.29, 0.717) is 12.1 Å². The van der Waals surface area contributed by atoms with Gasteiger partial charge in [-0.1, -0.05) is 42.5 Å². The monoisotopic (exact) mass is 366 g/mol. The second-order valence-corrected chi connectivity index (χ2v) is 7.58. The SMILES string of the molecule is COc1ccc(CN2CC[C@@H](N3CCOCC3)[C@@H]2Cc2ccccc2)cc1. The van der Waals surface area contributed by atoms with Crippen molar-refractivity contribution in [1.82, 2.24) is 9.80 Å². The fourth-order valence-electron chi connectivity index (χ4n) is 4.52. The molecule has 0 bridgehead atoms. The number of likely N-dealkylation sites (tertiary alicyclic amines) is 1. The van der Waals surface area contributed by atoms with Crippen molar-refractivity contribution < 1.29 is 9.47 Å². The van der Waals surface area contributed by atoms with E-state index in [4.69, 9.17) is 9.47 Å². The van der Waals surface area contributed by atoms with E-state index in [9.17, 15) is 0 Å². The van der Waals surface area contributed by atoms with Gasteiger partial charge in [-0.2, -0.15) is 0 Å². The maximum absolute atomic E-state index is 5.59. The quantitative estimate of drug-likeness (QED) is 0.784. The molecule has 4 rings (SSSR count). The topological polar surface area (TPSA) is 24.9 Å². The molecule has 2 aromatic rings. The van der Waals surface area contributed by atoms with Crippen molar-refractivity contribution in [3.8, 4) is 5.75 Å². The van der Waals surface area contributed by atoms with Gasteiger partial charge < -0.3 is 9.47 Å². The van der Waals surface area contributed by atoms with E-state index >= 15 is 0 Å². The largest absolute Gasteiger partial charge is 0.497 e. The number of hydrogen-bond donors (Lipinski definition) is 0. The summed E-state index contributed by atoms with van der Waals surface area (Å²) in [6.45, 7) is 6.02. The first-order valence-electron chi connectivity index (χ1n) is 10.1. The number of hydrogen-bond acceptors (Lipinski definition) is 4. The summed E-state index contributed by atoms with van der Waals surface area (Å²) in [5.74, 6) is 0.923. The van der Waals surface area contributed by atoms with E-state index in [0.717, 1.165) is 51.6 Å². The Kier molecular flexibility index (Phi) is 6.07. The molecule has 4 nitrogen and oxygen atoms in total. The number of ether oxygens (including phenoxy) is 2. The molecule has 2 aliphatic heterocycles. The predicted molar refractivity (Wildman–Crippen MR) is 108 cm³/mol. The second kappa shape index (κ2) is 8.87. The lowest BCUT2D eigenvalue weighted by molar-refractivity contribution is 0.00789. The first-order valence-corrected chi connectivity index (χ1v) is 10.1. The zero-order valence-electron chi connectivity index (χ0n) is 16.2. The van der Waals surface area contributed by atoms with Crippen molar-refractivity contribution in [3.63, 3.8) is 0 Å². The third-order valence-electron chi connectivity index (χ3n) is 5.97. The van der Waals surface area contributed by atoms with Crippen LogP contribution in [0.3, 0.4) is 0 Å². The number of benzene rings is 2. The van der Waals surface area contributed by atoms with Gasteiger partial charge in [0, 0.05) is 38.3 Å².